The molecule has 4 rings (SSSR count). The fourth-order valence-electron chi connectivity index (χ4n) is 2.85. The highest BCUT2D eigenvalue weighted by Crippen LogP contribution is 2.35. The summed E-state index contributed by atoms with van der Waals surface area (Å²) in [5.74, 6) is -1.16. The maximum absolute atomic E-state index is 13.0. The number of hydrogen-bond donors (Lipinski definition) is 0. The number of carbonyl (C=O) groups excluding carboxylic acids is 2. The Morgan fingerprint density at radius 1 is 1.07 bits per heavy atom. The first-order valence-corrected chi connectivity index (χ1v) is 8.71. The lowest BCUT2D eigenvalue weighted by atomic mass is 10.1. The van der Waals surface area contributed by atoms with Crippen LogP contribution in [-0.2, 0) is 0 Å². The summed E-state index contributed by atoms with van der Waals surface area (Å²) in [6.07, 6.45) is 1.48. The summed E-state index contributed by atoms with van der Waals surface area (Å²) >= 11 is 0. The molecule has 0 amide bonds. The molecule has 0 aromatic heterocycles. The van der Waals surface area contributed by atoms with E-state index in [2.05, 4.69) is 0 Å². The van der Waals surface area contributed by atoms with E-state index >= 15 is 0 Å². The third kappa shape index (κ3) is 3.79. The fourth-order valence-corrected chi connectivity index (χ4v) is 2.85. The summed E-state index contributed by atoms with van der Waals surface area (Å²) in [4.78, 5) is 35.0. The largest absolute Gasteiger partial charge is 0.452 e. The van der Waals surface area contributed by atoms with E-state index in [1.807, 2.05) is 0 Å². The number of esters is 1. The number of fused-ring (bicyclic) bond motifs is 1. The quantitative estimate of drug-likeness (QED) is 0.207. The van der Waals surface area contributed by atoms with Gasteiger partial charge in [0.2, 0.25) is 5.78 Å². The predicted molar refractivity (Wildman–Crippen MR) is 104 cm³/mol. The minimum atomic E-state index is -0.787. The van der Waals surface area contributed by atoms with Crippen LogP contribution in [0.5, 0.6) is 11.5 Å². The van der Waals surface area contributed by atoms with Crippen molar-refractivity contribution in [2.45, 2.75) is 0 Å². The molecule has 1 heterocycles. The van der Waals surface area contributed by atoms with Crippen LogP contribution in [0, 0.1) is 15.9 Å². The highest BCUT2D eigenvalue weighted by atomic mass is 19.1. The molecule has 0 radical (unpaired) electrons. The normalized spacial score (nSPS) is 13.6. The lowest BCUT2D eigenvalue weighted by Gasteiger charge is -2.05. The first-order chi connectivity index (χ1) is 14.4. The predicted octanol–water partition coefficient (Wildman–Crippen LogP) is 4.57. The zero-order chi connectivity index (χ0) is 21.3. The minimum absolute atomic E-state index is 0.0126. The van der Waals surface area contributed by atoms with E-state index in [0.29, 0.717) is 11.1 Å². The van der Waals surface area contributed by atoms with Gasteiger partial charge in [-0.05, 0) is 42.0 Å². The van der Waals surface area contributed by atoms with Gasteiger partial charge in [0.05, 0.1) is 16.1 Å². The third-order valence-corrected chi connectivity index (χ3v) is 4.31. The number of rotatable bonds is 4. The maximum atomic E-state index is 13.0. The van der Waals surface area contributed by atoms with Crippen molar-refractivity contribution in [2.75, 3.05) is 0 Å². The highest BCUT2D eigenvalue weighted by molar-refractivity contribution is 6.14. The number of nitro groups is 1. The van der Waals surface area contributed by atoms with Crippen molar-refractivity contribution in [3.05, 3.63) is 105 Å². The number of Topliss-reactive ketones (excluding diaryl/α,β-unsaturated/α-hetero) is 1. The molecule has 0 N–H and O–H groups in total. The molecule has 0 aliphatic carbocycles. The average Bonchev–Trinajstić information content (AvgIpc) is 3.04. The molecule has 0 atom stereocenters. The van der Waals surface area contributed by atoms with Crippen molar-refractivity contribution in [3.63, 3.8) is 0 Å². The summed E-state index contributed by atoms with van der Waals surface area (Å²) in [5.41, 5.74) is 0.657. The van der Waals surface area contributed by atoms with Crippen molar-refractivity contribution in [1.82, 2.24) is 0 Å². The number of ether oxygens (including phenoxy) is 2. The Hall–Kier alpha value is -4.33. The van der Waals surface area contributed by atoms with Crippen LogP contribution in [0.2, 0.25) is 0 Å². The first kappa shape index (κ1) is 19.0. The van der Waals surface area contributed by atoms with Crippen LogP contribution in [0.1, 0.15) is 26.3 Å². The summed E-state index contributed by atoms with van der Waals surface area (Å²) in [7, 11) is 0. The average molecular weight is 405 g/mol. The maximum Gasteiger partial charge on any atom is 0.343 e. The second-order valence-corrected chi connectivity index (χ2v) is 6.35. The zero-order valence-corrected chi connectivity index (χ0v) is 15.2. The summed E-state index contributed by atoms with van der Waals surface area (Å²) in [5, 5.41) is 10.9. The molecule has 3 aromatic rings. The lowest BCUT2D eigenvalue weighted by Crippen LogP contribution is -2.08. The molecule has 1 aliphatic heterocycles. The molecular formula is C22H12FNO6. The Morgan fingerprint density at radius 3 is 2.57 bits per heavy atom. The number of non-ortho nitro benzene ring substituents is 1. The van der Waals surface area contributed by atoms with E-state index in [1.54, 1.807) is 0 Å². The third-order valence-electron chi connectivity index (χ3n) is 4.31. The molecule has 0 unspecified atom stereocenters. The van der Waals surface area contributed by atoms with Crippen LogP contribution >= 0.6 is 0 Å². The SMILES string of the molecule is O=C(Oc1ccc2c(c1)O/C(=C\c1ccc(F)cc1)C2=O)c1cccc([N+](=O)[O-])c1. The van der Waals surface area contributed by atoms with Gasteiger partial charge in [-0.3, -0.25) is 14.9 Å². The molecule has 0 saturated carbocycles. The van der Waals surface area contributed by atoms with Gasteiger partial charge in [0, 0.05) is 18.2 Å². The second kappa shape index (κ2) is 7.59. The molecular weight excluding hydrogens is 393 g/mol. The van der Waals surface area contributed by atoms with Gasteiger partial charge in [0.1, 0.15) is 17.3 Å². The fraction of sp³-hybridized carbons (Fsp3) is 0. The van der Waals surface area contributed by atoms with E-state index in [4.69, 9.17) is 9.47 Å². The standard InChI is InChI=1S/C22H12FNO6/c23-15-6-4-13(5-7-15)10-20-21(25)18-9-8-17(12-19(18)30-20)29-22(26)14-2-1-3-16(11-14)24(27)28/h1-12H/b20-10-. The molecule has 0 bridgehead atoms. The first-order valence-electron chi connectivity index (χ1n) is 8.71. The van der Waals surface area contributed by atoms with Crippen molar-refractivity contribution in [3.8, 4) is 11.5 Å². The van der Waals surface area contributed by atoms with Gasteiger partial charge in [-0.25, -0.2) is 9.18 Å². The molecule has 30 heavy (non-hydrogen) atoms. The number of halogens is 1. The second-order valence-electron chi connectivity index (χ2n) is 6.35. The van der Waals surface area contributed by atoms with E-state index in [-0.39, 0.29) is 34.3 Å². The van der Waals surface area contributed by atoms with Crippen LogP contribution in [0.15, 0.2) is 72.5 Å². The smallest absolute Gasteiger partial charge is 0.343 e. The Kier molecular flexibility index (Phi) is 4.81. The molecule has 0 spiro atoms. The minimum Gasteiger partial charge on any atom is -0.452 e. The van der Waals surface area contributed by atoms with Gasteiger partial charge in [-0.1, -0.05) is 18.2 Å². The Bertz CT molecular complexity index is 1220. The number of hydrogen-bond acceptors (Lipinski definition) is 6. The Balaban J connectivity index is 1.54. The topological polar surface area (TPSA) is 95.7 Å². The van der Waals surface area contributed by atoms with Crippen LogP contribution in [0.4, 0.5) is 10.1 Å². The van der Waals surface area contributed by atoms with Crippen molar-refractivity contribution >= 4 is 23.5 Å². The molecule has 8 heteroatoms. The molecule has 1 aliphatic rings. The number of ketones is 1. The zero-order valence-electron chi connectivity index (χ0n) is 15.2. The van der Waals surface area contributed by atoms with Crippen LogP contribution in [-0.4, -0.2) is 16.7 Å². The van der Waals surface area contributed by atoms with Gasteiger partial charge in [-0.15, -0.1) is 0 Å². The van der Waals surface area contributed by atoms with Gasteiger partial charge >= 0.3 is 5.97 Å². The van der Waals surface area contributed by atoms with Gasteiger partial charge in [-0.2, -0.15) is 0 Å². The number of carbonyl (C=O) groups is 2. The van der Waals surface area contributed by atoms with Crippen LogP contribution in [0.25, 0.3) is 6.08 Å². The number of nitro benzene ring substituents is 1. The molecule has 148 valence electrons. The van der Waals surface area contributed by atoms with Crippen LogP contribution < -0.4 is 9.47 Å². The van der Waals surface area contributed by atoms with Crippen molar-refractivity contribution < 1.29 is 28.4 Å². The number of nitrogens with zero attached hydrogens (tertiary/aromatic N) is 1. The number of benzene rings is 3. The van der Waals surface area contributed by atoms with Gasteiger partial charge in [0.15, 0.2) is 5.76 Å². The lowest BCUT2D eigenvalue weighted by molar-refractivity contribution is -0.384. The van der Waals surface area contributed by atoms with Gasteiger partial charge in [0.25, 0.3) is 5.69 Å². The monoisotopic (exact) mass is 405 g/mol. The number of allylic oxidation sites excluding steroid dienone is 1. The summed E-state index contributed by atoms with van der Waals surface area (Å²) in [6, 6.07) is 15.0. The van der Waals surface area contributed by atoms with Crippen molar-refractivity contribution in [2.24, 2.45) is 0 Å². The van der Waals surface area contributed by atoms with Crippen LogP contribution in [0.3, 0.4) is 0 Å². The van der Waals surface area contributed by atoms with E-state index in [1.165, 1.54) is 66.7 Å². The molecule has 0 saturated heterocycles. The Labute approximate surface area is 169 Å². The Morgan fingerprint density at radius 2 is 1.83 bits per heavy atom. The van der Waals surface area contributed by atoms with Crippen molar-refractivity contribution in [1.29, 1.82) is 0 Å². The highest BCUT2D eigenvalue weighted by Gasteiger charge is 2.28. The van der Waals surface area contributed by atoms with E-state index in [0.717, 1.165) is 6.07 Å². The van der Waals surface area contributed by atoms with E-state index < -0.39 is 16.7 Å². The van der Waals surface area contributed by atoms with E-state index in [9.17, 15) is 24.1 Å². The summed E-state index contributed by atoms with van der Waals surface area (Å²) in [6.45, 7) is 0. The molecule has 0 fully saturated rings. The van der Waals surface area contributed by atoms with Gasteiger partial charge < -0.3 is 9.47 Å². The molecule has 3 aromatic carbocycles. The molecule has 7 nitrogen and oxygen atoms in total. The summed E-state index contributed by atoms with van der Waals surface area (Å²) < 4.78 is 23.8.